The van der Waals surface area contributed by atoms with Crippen LogP contribution in [0.5, 0.6) is 0 Å². The van der Waals surface area contributed by atoms with Gasteiger partial charge in [-0.15, -0.1) is 0 Å². The van der Waals surface area contributed by atoms with Gasteiger partial charge in [-0.1, -0.05) is 13.8 Å². The minimum Gasteiger partial charge on any atom is -0.367 e. The first-order valence-electron chi connectivity index (χ1n) is 6.80. The van der Waals surface area contributed by atoms with E-state index in [1.165, 1.54) is 25.7 Å². The highest BCUT2D eigenvalue weighted by Gasteiger charge is 2.20. The molecule has 1 aliphatic rings. The number of rotatable bonds is 4. The lowest BCUT2D eigenvalue weighted by molar-refractivity contribution is 0.472. The zero-order chi connectivity index (χ0) is 13.0. The first-order chi connectivity index (χ1) is 8.69. The summed E-state index contributed by atoms with van der Waals surface area (Å²) in [6.45, 7) is 4.32. The molecule has 1 heterocycles. The molecular weight excluding hydrogens is 242 g/mol. The van der Waals surface area contributed by atoms with E-state index in [0.29, 0.717) is 12.0 Å². The molecule has 0 amide bonds. The van der Waals surface area contributed by atoms with Gasteiger partial charge < -0.3 is 5.32 Å². The van der Waals surface area contributed by atoms with Crippen LogP contribution >= 0.6 is 11.8 Å². The van der Waals surface area contributed by atoms with Crippen molar-refractivity contribution < 1.29 is 0 Å². The Morgan fingerprint density at radius 1 is 1.22 bits per heavy atom. The minimum absolute atomic E-state index is 0.459. The molecule has 18 heavy (non-hydrogen) atoms. The summed E-state index contributed by atoms with van der Waals surface area (Å²) in [6.07, 6.45) is 9.05. The van der Waals surface area contributed by atoms with Crippen LogP contribution in [0.3, 0.4) is 0 Å². The SMILES string of the molecule is CSC1CCC(Nc2cc(C(C)C)ncn2)CC1. The molecule has 1 saturated carbocycles. The largest absolute Gasteiger partial charge is 0.367 e. The number of aromatic nitrogens is 2. The van der Waals surface area contributed by atoms with Crippen molar-refractivity contribution in [3.05, 3.63) is 18.1 Å². The quantitative estimate of drug-likeness (QED) is 0.901. The maximum absolute atomic E-state index is 4.33. The Morgan fingerprint density at radius 3 is 2.56 bits per heavy atom. The molecule has 0 saturated heterocycles. The van der Waals surface area contributed by atoms with Crippen LogP contribution in [0.25, 0.3) is 0 Å². The van der Waals surface area contributed by atoms with Gasteiger partial charge in [-0.3, -0.25) is 0 Å². The van der Waals surface area contributed by atoms with Gasteiger partial charge in [0.2, 0.25) is 0 Å². The Balaban J connectivity index is 1.92. The second kappa shape index (κ2) is 6.41. The van der Waals surface area contributed by atoms with Crippen molar-refractivity contribution in [3.63, 3.8) is 0 Å². The summed E-state index contributed by atoms with van der Waals surface area (Å²) in [5.74, 6) is 1.45. The fraction of sp³-hybridized carbons (Fsp3) is 0.714. The first kappa shape index (κ1) is 13.7. The van der Waals surface area contributed by atoms with E-state index in [9.17, 15) is 0 Å². The topological polar surface area (TPSA) is 37.8 Å². The minimum atomic E-state index is 0.459. The average Bonchev–Trinajstić information content (AvgIpc) is 2.40. The molecule has 0 spiro atoms. The fourth-order valence-corrected chi connectivity index (χ4v) is 3.16. The van der Waals surface area contributed by atoms with E-state index >= 15 is 0 Å². The molecular formula is C14H23N3S. The molecule has 0 bridgehead atoms. The molecule has 4 heteroatoms. The molecule has 1 aromatic rings. The lowest BCUT2D eigenvalue weighted by Gasteiger charge is -2.28. The Morgan fingerprint density at radius 2 is 1.94 bits per heavy atom. The molecule has 3 nitrogen and oxygen atoms in total. The van der Waals surface area contributed by atoms with E-state index < -0.39 is 0 Å². The molecule has 0 aliphatic heterocycles. The van der Waals surface area contributed by atoms with Gasteiger partial charge in [-0.2, -0.15) is 11.8 Å². The zero-order valence-corrected chi connectivity index (χ0v) is 12.3. The summed E-state index contributed by atoms with van der Waals surface area (Å²) in [6, 6.07) is 2.68. The van der Waals surface area contributed by atoms with Crippen LogP contribution in [0.15, 0.2) is 12.4 Å². The van der Waals surface area contributed by atoms with Crippen molar-refractivity contribution in [2.24, 2.45) is 0 Å². The van der Waals surface area contributed by atoms with E-state index in [0.717, 1.165) is 16.8 Å². The normalized spacial score (nSPS) is 24.2. The second-order valence-corrected chi connectivity index (χ2v) is 6.47. The smallest absolute Gasteiger partial charge is 0.129 e. The van der Waals surface area contributed by atoms with Gasteiger partial charge in [0, 0.05) is 23.1 Å². The molecule has 0 atom stereocenters. The number of nitrogens with zero attached hydrogens (tertiary/aromatic N) is 2. The molecule has 1 aliphatic carbocycles. The third-order valence-electron chi connectivity index (χ3n) is 3.64. The Labute approximate surface area is 114 Å². The van der Waals surface area contributed by atoms with E-state index in [-0.39, 0.29) is 0 Å². The van der Waals surface area contributed by atoms with Crippen LogP contribution in [0, 0.1) is 0 Å². The van der Waals surface area contributed by atoms with Crippen molar-refractivity contribution >= 4 is 17.6 Å². The molecule has 1 N–H and O–H groups in total. The standard InChI is InChI=1S/C14H23N3S/c1-10(2)13-8-14(16-9-15-13)17-11-4-6-12(18-3)7-5-11/h8-12H,4-7H2,1-3H3,(H,15,16,17). The van der Waals surface area contributed by atoms with Crippen LogP contribution < -0.4 is 5.32 Å². The van der Waals surface area contributed by atoms with Gasteiger partial charge in [0.25, 0.3) is 0 Å². The Bertz CT molecular complexity index is 373. The highest BCUT2D eigenvalue weighted by Crippen LogP contribution is 2.28. The van der Waals surface area contributed by atoms with Crippen molar-refractivity contribution in [1.29, 1.82) is 0 Å². The zero-order valence-electron chi connectivity index (χ0n) is 11.5. The van der Waals surface area contributed by atoms with Gasteiger partial charge in [-0.05, 0) is 37.9 Å². The highest BCUT2D eigenvalue weighted by atomic mass is 32.2. The number of hydrogen-bond donors (Lipinski definition) is 1. The summed E-state index contributed by atoms with van der Waals surface area (Å²) in [4.78, 5) is 8.63. The van der Waals surface area contributed by atoms with Gasteiger partial charge in [-0.25, -0.2) is 9.97 Å². The van der Waals surface area contributed by atoms with Crippen LogP contribution in [0.4, 0.5) is 5.82 Å². The van der Waals surface area contributed by atoms with E-state index in [1.54, 1.807) is 6.33 Å². The number of nitrogens with one attached hydrogen (secondary N) is 1. The number of hydrogen-bond acceptors (Lipinski definition) is 4. The molecule has 0 aromatic carbocycles. The highest BCUT2D eigenvalue weighted by molar-refractivity contribution is 7.99. The average molecular weight is 265 g/mol. The maximum atomic E-state index is 4.33. The number of thioether (sulfide) groups is 1. The second-order valence-electron chi connectivity index (χ2n) is 5.34. The molecule has 0 unspecified atom stereocenters. The van der Waals surface area contributed by atoms with Crippen molar-refractivity contribution in [3.8, 4) is 0 Å². The Kier molecular flexibility index (Phi) is 4.87. The first-order valence-corrected chi connectivity index (χ1v) is 8.09. The van der Waals surface area contributed by atoms with Crippen LogP contribution in [0.1, 0.15) is 51.1 Å². The van der Waals surface area contributed by atoms with Gasteiger partial charge >= 0.3 is 0 Å². The predicted molar refractivity (Wildman–Crippen MR) is 79.3 cm³/mol. The van der Waals surface area contributed by atoms with Gasteiger partial charge in [0.05, 0.1) is 0 Å². The van der Waals surface area contributed by atoms with E-state index in [1.807, 2.05) is 11.8 Å². The van der Waals surface area contributed by atoms with Gasteiger partial charge in [0.1, 0.15) is 12.1 Å². The van der Waals surface area contributed by atoms with Crippen LogP contribution in [-0.2, 0) is 0 Å². The lowest BCUT2D eigenvalue weighted by Crippen LogP contribution is -2.27. The summed E-state index contributed by atoms with van der Waals surface area (Å²) in [7, 11) is 0. The van der Waals surface area contributed by atoms with Crippen molar-refractivity contribution in [1.82, 2.24) is 9.97 Å². The molecule has 1 aromatic heterocycles. The van der Waals surface area contributed by atoms with Crippen molar-refractivity contribution in [2.45, 2.75) is 56.7 Å². The summed E-state index contributed by atoms with van der Waals surface area (Å²) in [5.41, 5.74) is 1.12. The summed E-state index contributed by atoms with van der Waals surface area (Å²) in [5, 5.41) is 4.42. The van der Waals surface area contributed by atoms with Crippen LogP contribution in [0.2, 0.25) is 0 Å². The van der Waals surface area contributed by atoms with Gasteiger partial charge in [0.15, 0.2) is 0 Å². The maximum Gasteiger partial charge on any atom is 0.129 e. The predicted octanol–water partition coefficient (Wildman–Crippen LogP) is 3.69. The monoisotopic (exact) mass is 265 g/mol. The van der Waals surface area contributed by atoms with E-state index in [2.05, 4.69) is 41.5 Å². The fourth-order valence-electron chi connectivity index (χ4n) is 2.42. The molecule has 1 fully saturated rings. The third kappa shape index (κ3) is 3.61. The van der Waals surface area contributed by atoms with E-state index in [4.69, 9.17) is 0 Å². The molecule has 0 radical (unpaired) electrons. The molecule has 2 rings (SSSR count). The third-order valence-corrected chi connectivity index (χ3v) is 4.78. The Hall–Kier alpha value is -0.770. The molecule has 100 valence electrons. The van der Waals surface area contributed by atoms with Crippen molar-refractivity contribution in [2.75, 3.05) is 11.6 Å². The lowest BCUT2D eigenvalue weighted by atomic mass is 9.95. The summed E-state index contributed by atoms with van der Waals surface area (Å²) < 4.78 is 0. The van der Waals surface area contributed by atoms with Crippen LogP contribution in [-0.4, -0.2) is 27.5 Å². The number of anilines is 1. The summed E-state index contributed by atoms with van der Waals surface area (Å²) >= 11 is 2.01.